The lowest BCUT2D eigenvalue weighted by Crippen LogP contribution is -2.36. The molecule has 0 aromatic heterocycles. The summed E-state index contributed by atoms with van der Waals surface area (Å²) in [5.74, 6) is -2.06. The number of carbonyl (C=O) groups excluding carboxylic acids is 1. The quantitative estimate of drug-likeness (QED) is 0.840. The fraction of sp³-hybridized carbons (Fsp3) is 0.429. The second-order valence-corrected chi connectivity index (χ2v) is 5.23. The first-order valence-electron chi connectivity index (χ1n) is 6.44. The van der Waals surface area contributed by atoms with Crippen LogP contribution < -0.4 is 10.1 Å². The van der Waals surface area contributed by atoms with E-state index in [9.17, 15) is 9.59 Å². The van der Waals surface area contributed by atoms with Crippen LogP contribution in [0.5, 0.6) is 5.75 Å². The smallest absolute Gasteiger partial charge is 0.315 e. The number of fused-ring (bicyclic) bond motifs is 1. The van der Waals surface area contributed by atoms with Crippen molar-refractivity contribution in [3.05, 3.63) is 28.8 Å². The molecular formula is C14H16ClNO4. The van der Waals surface area contributed by atoms with Crippen LogP contribution in [0.4, 0.5) is 0 Å². The van der Waals surface area contributed by atoms with Gasteiger partial charge in [-0.3, -0.25) is 9.59 Å². The molecule has 2 rings (SSSR count). The maximum atomic E-state index is 11.9. The van der Waals surface area contributed by atoms with Crippen LogP contribution >= 0.6 is 11.6 Å². The highest BCUT2D eigenvalue weighted by atomic mass is 35.5. The van der Waals surface area contributed by atoms with Crippen molar-refractivity contribution in [2.45, 2.75) is 25.8 Å². The number of carbonyl (C=O) groups is 2. The predicted octanol–water partition coefficient (Wildman–Crippen LogP) is 2.39. The maximum absolute atomic E-state index is 11.9. The summed E-state index contributed by atoms with van der Waals surface area (Å²) in [6, 6.07) is 5.00. The highest BCUT2D eigenvalue weighted by Gasteiger charge is 2.26. The van der Waals surface area contributed by atoms with E-state index in [-0.39, 0.29) is 6.04 Å². The summed E-state index contributed by atoms with van der Waals surface area (Å²) in [6.07, 6.45) is 1.48. The Morgan fingerprint density at radius 1 is 1.50 bits per heavy atom. The summed E-state index contributed by atoms with van der Waals surface area (Å²) < 4.78 is 5.60. The molecule has 2 atom stereocenters. The Hall–Kier alpha value is -1.75. The Bertz CT molecular complexity index is 532. The highest BCUT2D eigenvalue weighted by molar-refractivity contribution is 6.30. The van der Waals surface area contributed by atoms with Crippen molar-refractivity contribution in [2.24, 2.45) is 5.92 Å². The third-order valence-corrected chi connectivity index (χ3v) is 3.56. The Kier molecular flexibility index (Phi) is 4.49. The first-order valence-corrected chi connectivity index (χ1v) is 6.82. The van der Waals surface area contributed by atoms with Crippen molar-refractivity contribution in [1.29, 1.82) is 0 Å². The zero-order valence-electron chi connectivity index (χ0n) is 11.1. The molecule has 1 heterocycles. The van der Waals surface area contributed by atoms with Crippen molar-refractivity contribution in [1.82, 2.24) is 5.32 Å². The molecular weight excluding hydrogens is 282 g/mol. The van der Waals surface area contributed by atoms with Crippen molar-refractivity contribution in [2.75, 3.05) is 6.61 Å². The fourth-order valence-electron chi connectivity index (χ4n) is 2.10. The van der Waals surface area contributed by atoms with Gasteiger partial charge in [0, 0.05) is 10.6 Å². The standard InChI is InChI=1S/C14H16ClNO4/c1-8(14(18)19)13(17)16-11-3-2-6-20-12-7-9(15)4-5-10(11)12/h4-5,7-8,11H,2-3,6H2,1H3,(H,16,17)(H,18,19). The number of benzene rings is 1. The lowest BCUT2D eigenvalue weighted by atomic mass is 10.0. The Labute approximate surface area is 121 Å². The average Bonchev–Trinajstić information content (AvgIpc) is 2.59. The second-order valence-electron chi connectivity index (χ2n) is 4.79. The number of rotatable bonds is 3. The molecule has 108 valence electrons. The van der Waals surface area contributed by atoms with Crippen molar-refractivity contribution >= 4 is 23.5 Å². The van der Waals surface area contributed by atoms with Crippen molar-refractivity contribution in [3.63, 3.8) is 0 Å². The first kappa shape index (κ1) is 14.7. The van der Waals surface area contributed by atoms with Crippen LogP contribution in [-0.4, -0.2) is 23.6 Å². The Balaban J connectivity index is 2.20. The number of carboxylic acids is 1. The molecule has 0 spiro atoms. The van der Waals surface area contributed by atoms with Crippen LogP contribution in [0.3, 0.4) is 0 Å². The van der Waals surface area contributed by atoms with Gasteiger partial charge in [0.25, 0.3) is 0 Å². The second kappa shape index (κ2) is 6.13. The van der Waals surface area contributed by atoms with Gasteiger partial charge in [-0.25, -0.2) is 0 Å². The van der Waals surface area contributed by atoms with E-state index in [0.717, 1.165) is 12.0 Å². The van der Waals surface area contributed by atoms with Gasteiger partial charge in [0.05, 0.1) is 12.6 Å². The molecule has 0 fully saturated rings. The Morgan fingerprint density at radius 3 is 2.95 bits per heavy atom. The highest BCUT2D eigenvalue weighted by Crippen LogP contribution is 2.33. The summed E-state index contributed by atoms with van der Waals surface area (Å²) in [5.41, 5.74) is 0.831. The van der Waals surface area contributed by atoms with Gasteiger partial charge in [-0.15, -0.1) is 0 Å². The van der Waals surface area contributed by atoms with Gasteiger partial charge in [0.2, 0.25) is 5.91 Å². The minimum atomic E-state index is -1.14. The van der Waals surface area contributed by atoms with Gasteiger partial charge in [0.1, 0.15) is 11.7 Å². The molecule has 20 heavy (non-hydrogen) atoms. The van der Waals surface area contributed by atoms with Gasteiger partial charge in [0.15, 0.2) is 0 Å². The summed E-state index contributed by atoms with van der Waals surface area (Å²) in [4.78, 5) is 22.7. The minimum absolute atomic E-state index is 0.251. The number of hydrogen-bond acceptors (Lipinski definition) is 3. The number of carboxylic acid groups (broad SMARTS) is 1. The van der Waals surface area contributed by atoms with Gasteiger partial charge in [-0.05, 0) is 31.9 Å². The molecule has 1 aliphatic heterocycles. The number of hydrogen-bond donors (Lipinski definition) is 2. The molecule has 0 saturated carbocycles. The molecule has 1 aromatic carbocycles. The molecule has 5 nitrogen and oxygen atoms in total. The molecule has 0 aliphatic carbocycles. The third kappa shape index (κ3) is 3.22. The van der Waals surface area contributed by atoms with Crippen molar-refractivity contribution in [3.8, 4) is 5.75 Å². The van der Waals surface area contributed by atoms with E-state index in [1.807, 2.05) is 0 Å². The lowest BCUT2D eigenvalue weighted by molar-refractivity contribution is -0.146. The van der Waals surface area contributed by atoms with Gasteiger partial charge in [-0.2, -0.15) is 0 Å². The third-order valence-electron chi connectivity index (χ3n) is 3.33. The Morgan fingerprint density at radius 2 is 2.25 bits per heavy atom. The zero-order chi connectivity index (χ0) is 14.7. The topological polar surface area (TPSA) is 75.6 Å². The van der Waals surface area contributed by atoms with E-state index < -0.39 is 17.8 Å². The number of halogens is 1. The molecule has 0 saturated heterocycles. The first-order chi connectivity index (χ1) is 9.49. The van der Waals surface area contributed by atoms with Crippen molar-refractivity contribution < 1.29 is 19.4 Å². The van der Waals surface area contributed by atoms with Gasteiger partial charge >= 0.3 is 5.97 Å². The number of amides is 1. The van der Waals surface area contributed by atoms with E-state index in [4.69, 9.17) is 21.4 Å². The van der Waals surface area contributed by atoms with Crippen LogP contribution in [0.2, 0.25) is 5.02 Å². The van der Waals surface area contributed by atoms with Crippen LogP contribution in [0.1, 0.15) is 31.4 Å². The molecule has 2 N–H and O–H groups in total. The van der Waals surface area contributed by atoms with Crippen LogP contribution in [-0.2, 0) is 9.59 Å². The molecule has 0 bridgehead atoms. The molecule has 1 aliphatic rings. The molecule has 6 heteroatoms. The van der Waals surface area contributed by atoms with Crippen LogP contribution in [0.25, 0.3) is 0 Å². The summed E-state index contributed by atoms with van der Waals surface area (Å²) in [5, 5.41) is 12.2. The molecule has 1 aromatic rings. The monoisotopic (exact) mass is 297 g/mol. The summed E-state index contributed by atoms with van der Waals surface area (Å²) in [6.45, 7) is 1.92. The predicted molar refractivity (Wildman–Crippen MR) is 73.9 cm³/mol. The van der Waals surface area contributed by atoms with E-state index >= 15 is 0 Å². The number of aliphatic carboxylic acids is 1. The average molecular weight is 298 g/mol. The van der Waals surface area contributed by atoms with E-state index in [0.29, 0.717) is 23.8 Å². The van der Waals surface area contributed by atoms with Gasteiger partial charge in [-0.1, -0.05) is 17.7 Å². The fourth-order valence-corrected chi connectivity index (χ4v) is 2.27. The largest absolute Gasteiger partial charge is 0.493 e. The van der Waals surface area contributed by atoms with Crippen LogP contribution in [0.15, 0.2) is 18.2 Å². The van der Waals surface area contributed by atoms with Gasteiger partial charge < -0.3 is 15.2 Å². The molecule has 0 radical (unpaired) electrons. The van der Waals surface area contributed by atoms with E-state index in [2.05, 4.69) is 5.32 Å². The summed E-state index contributed by atoms with van der Waals surface area (Å²) >= 11 is 5.93. The number of nitrogens with one attached hydrogen (secondary N) is 1. The van der Waals surface area contributed by atoms with Crippen LogP contribution in [0, 0.1) is 5.92 Å². The molecule has 2 unspecified atom stereocenters. The van der Waals surface area contributed by atoms with E-state index in [1.54, 1.807) is 18.2 Å². The van der Waals surface area contributed by atoms with E-state index in [1.165, 1.54) is 6.92 Å². The molecule has 1 amide bonds. The lowest BCUT2D eigenvalue weighted by Gasteiger charge is -2.19. The SMILES string of the molecule is CC(C(=O)O)C(=O)NC1CCCOc2cc(Cl)ccc21. The number of ether oxygens (including phenoxy) is 1. The minimum Gasteiger partial charge on any atom is -0.493 e. The maximum Gasteiger partial charge on any atom is 0.315 e. The zero-order valence-corrected chi connectivity index (χ0v) is 11.8. The normalized spacial score (nSPS) is 19.2. The summed E-state index contributed by atoms with van der Waals surface area (Å²) in [7, 11) is 0.